The third-order valence-electron chi connectivity index (χ3n) is 0.738. The molecule has 0 atom stereocenters. The summed E-state index contributed by atoms with van der Waals surface area (Å²) in [6.45, 7) is 8.09. The molecule has 2 nitrogen and oxygen atoms in total. The summed E-state index contributed by atoms with van der Waals surface area (Å²) >= 11 is 3.69. The predicted molar refractivity (Wildman–Crippen MR) is 50.2 cm³/mol. The van der Waals surface area contributed by atoms with E-state index in [2.05, 4.69) is 37.7 Å². The summed E-state index contributed by atoms with van der Waals surface area (Å²) < 4.78 is 10.7. The summed E-state index contributed by atoms with van der Waals surface area (Å²) in [7, 11) is 0. The number of rotatable bonds is 6. The molecule has 0 aliphatic heterocycles. The fourth-order valence-corrected chi connectivity index (χ4v) is 7.22. The molecular weight excluding hydrogens is 442 g/mol. The Balaban J connectivity index is 3.59. The van der Waals surface area contributed by atoms with Crippen molar-refractivity contribution in [2.24, 2.45) is 0 Å². The van der Waals surface area contributed by atoms with E-state index in [4.69, 9.17) is 5.71 Å². The van der Waals surface area contributed by atoms with Crippen LogP contribution in [0.5, 0.6) is 0 Å². The summed E-state index contributed by atoms with van der Waals surface area (Å²) in [5.41, 5.74) is 0. The second-order valence-electron chi connectivity index (χ2n) is 1.66. The molecule has 0 fully saturated rings. The molecule has 5 heteroatoms. The van der Waals surface area contributed by atoms with E-state index in [1.807, 2.05) is 0 Å². The molecule has 11 heavy (non-hydrogen) atoms. The Morgan fingerprint density at radius 2 is 1.45 bits per heavy atom. The van der Waals surface area contributed by atoms with E-state index < -0.39 is 16.2 Å². The average Bonchev–Trinajstić information content (AvgIpc) is 1.97. The molecule has 0 aromatic carbocycles. The topological polar surface area (TPSA) is 18.5 Å². The van der Waals surface area contributed by atoms with Crippen LogP contribution in [0.3, 0.4) is 0 Å². The van der Waals surface area contributed by atoms with Gasteiger partial charge >= 0.3 is 85.0 Å². The van der Waals surface area contributed by atoms with E-state index in [1.54, 1.807) is 12.2 Å². The SMILES string of the molecule is C=CC[O][Hf]([Br])([Br])[O]CC=C. The zero-order chi connectivity index (χ0) is 8.74. The number of hydrogen-bond donors (Lipinski definition) is 0. The molecule has 0 heterocycles. The van der Waals surface area contributed by atoms with E-state index in [-0.39, 0.29) is 0 Å². The molecular formula is C6H10Br2HfO2. The Morgan fingerprint density at radius 1 is 1.09 bits per heavy atom. The third-order valence-corrected chi connectivity index (χ3v) is 11.8. The Bertz CT molecular complexity index is 125. The molecule has 0 bridgehead atoms. The quantitative estimate of drug-likeness (QED) is 0.456. The van der Waals surface area contributed by atoms with Crippen LogP contribution in [0.25, 0.3) is 0 Å². The van der Waals surface area contributed by atoms with E-state index in [9.17, 15) is 0 Å². The maximum absolute atomic E-state index is 5.35. The van der Waals surface area contributed by atoms with Crippen molar-refractivity contribution in [2.75, 3.05) is 13.2 Å². The number of hydrogen-bond acceptors (Lipinski definition) is 2. The molecule has 0 radical (unpaired) electrons. The first kappa shape index (κ1) is 12.2. The van der Waals surface area contributed by atoms with Gasteiger partial charge in [-0.05, 0) is 0 Å². The van der Waals surface area contributed by atoms with Crippen LogP contribution in [0.2, 0.25) is 0 Å². The molecule has 64 valence electrons. The first-order chi connectivity index (χ1) is 5.12. The summed E-state index contributed by atoms with van der Waals surface area (Å²) in [5.74, 6) is 0. The van der Waals surface area contributed by atoms with Crippen molar-refractivity contribution in [2.45, 2.75) is 0 Å². The average molecular weight is 452 g/mol. The van der Waals surface area contributed by atoms with Gasteiger partial charge < -0.3 is 0 Å². The second-order valence-corrected chi connectivity index (χ2v) is 32.9. The fourth-order valence-electron chi connectivity index (χ4n) is 0.354. The fraction of sp³-hybridized carbons (Fsp3) is 0.333. The first-order valence-electron chi connectivity index (χ1n) is 3.00. The van der Waals surface area contributed by atoms with Crippen LogP contribution in [0.1, 0.15) is 0 Å². The molecule has 0 aliphatic rings. The van der Waals surface area contributed by atoms with Crippen LogP contribution < -0.4 is 0 Å². The van der Waals surface area contributed by atoms with E-state index >= 15 is 0 Å². The van der Waals surface area contributed by atoms with Gasteiger partial charge in [0.15, 0.2) is 0 Å². The van der Waals surface area contributed by atoms with Gasteiger partial charge in [-0.3, -0.25) is 0 Å². The molecule has 0 aliphatic carbocycles. The van der Waals surface area contributed by atoms with E-state index in [1.165, 1.54) is 0 Å². The van der Waals surface area contributed by atoms with Crippen molar-refractivity contribution in [3.05, 3.63) is 25.3 Å². The minimum absolute atomic E-state index is 0.509. The van der Waals surface area contributed by atoms with Gasteiger partial charge in [-0.25, -0.2) is 0 Å². The maximum atomic E-state index is 5.35. The number of halogens is 2. The summed E-state index contributed by atoms with van der Waals surface area (Å²) in [6.07, 6.45) is 3.38. The molecule has 0 aromatic rings. The van der Waals surface area contributed by atoms with Crippen LogP contribution in [-0.2, 0) is 21.9 Å². The van der Waals surface area contributed by atoms with Crippen LogP contribution in [0.4, 0.5) is 0 Å². The van der Waals surface area contributed by atoms with Crippen molar-refractivity contribution in [3.8, 4) is 0 Å². The molecule has 0 rings (SSSR count). The normalized spacial score (nSPS) is 11.1. The molecule has 0 unspecified atom stereocenters. The van der Waals surface area contributed by atoms with Crippen LogP contribution in [0, 0.1) is 0 Å². The van der Waals surface area contributed by atoms with E-state index in [0.29, 0.717) is 13.2 Å². The zero-order valence-corrected chi connectivity index (χ0v) is 12.8. The van der Waals surface area contributed by atoms with Crippen LogP contribution in [-0.4, -0.2) is 13.2 Å². The van der Waals surface area contributed by atoms with Gasteiger partial charge in [-0.1, -0.05) is 0 Å². The monoisotopic (exact) mass is 452 g/mol. The van der Waals surface area contributed by atoms with Gasteiger partial charge in [0.05, 0.1) is 0 Å². The zero-order valence-electron chi connectivity index (χ0n) is 6.06. The molecule has 0 spiro atoms. The Labute approximate surface area is 84.2 Å². The van der Waals surface area contributed by atoms with Gasteiger partial charge in [0.1, 0.15) is 0 Å². The Kier molecular flexibility index (Phi) is 7.47. The Hall–Kier alpha value is 1.23. The Morgan fingerprint density at radius 3 is 1.73 bits per heavy atom. The second kappa shape index (κ2) is 6.71. The van der Waals surface area contributed by atoms with Crippen LogP contribution >= 0.6 is 24.6 Å². The third kappa shape index (κ3) is 7.59. The molecule has 0 aromatic heterocycles. The van der Waals surface area contributed by atoms with Gasteiger partial charge in [0.2, 0.25) is 0 Å². The first-order valence-corrected chi connectivity index (χ1v) is 21.6. The van der Waals surface area contributed by atoms with Crippen molar-refractivity contribution in [1.29, 1.82) is 0 Å². The van der Waals surface area contributed by atoms with E-state index in [0.717, 1.165) is 0 Å². The molecule has 0 saturated heterocycles. The molecule has 0 N–H and O–H groups in total. The molecule has 0 amide bonds. The summed E-state index contributed by atoms with van der Waals surface area (Å²) in [5, 5.41) is 0. The van der Waals surface area contributed by atoms with Crippen molar-refractivity contribution in [3.63, 3.8) is 0 Å². The van der Waals surface area contributed by atoms with Gasteiger partial charge in [0.25, 0.3) is 0 Å². The van der Waals surface area contributed by atoms with Gasteiger partial charge in [-0.2, -0.15) is 0 Å². The van der Waals surface area contributed by atoms with Crippen molar-refractivity contribution >= 4 is 24.6 Å². The van der Waals surface area contributed by atoms with Gasteiger partial charge in [-0.15, -0.1) is 0 Å². The predicted octanol–water partition coefficient (Wildman–Crippen LogP) is 3.00. The van der Waals surface area contributed by atoms with Crippen LogP contribution in [0.15, 0.2) is 25.3 Å². The van der Waals surface area contributed by atoms with Gasteiger partial charge in [0, 0.05) is 0 Å². The standard InChI is InChI=1S/2C3H5O.2BrH.Hf/c2*1-2-3-4;;;/h2*2H,1,3H2;2*1H;/q2*-1;;;+4/p-2. The molecule has 0 saturated carbocycles. The van der Waals surface area contributed by atoms with Crippen molar-refractivity contribution in [1.82, 2.24) is 0 Å². The summed E-state index contributed by atoms with van der Waals surface area (Å²) in [6, 6.07) is 0. The summed E-state index contributed by atoms with van der Waals surface area (Å²) in [4.78, 5) is 0. The van der Waals surface area contributed by atoms with Crippen molar-refractivity contribution < 1.29 is 21.9 Å². The minimum atomic E-state index is -3.07.